The maximum Gasteiger partial charge on any atom is 0.213 e. The molecule has 2 saturated heterocycles. The van der Waals surface area contributed by atoms with Crippen LogP contribution in [0.4, 0.5) is 0 Å². The number of rotatable bonds is 5. The van der Waals surface area contributed by atoms with Crippen molar-refractivity contribution in [2.45, 2.75) is 18.6 Å². The molecule has 0 saturated carbocycles. The highest BCUT2D eigenvalue weighted by atomic mass is 16.5. The molecule has 5 heteroatoms. The van der Waals surface area contributed by atoms with E-state index in [1.165, 1.54) is 5.56 Å². The van der Waals surface area contributed by atoms with Crippen molar-refractivity contribution in [2.24, 2.45) is 5.92 Å². The summed E-state index contributed by atoms with van der Waals surface area (Å²) >= 11 is 0. The molecule has 0 N–H and O–H groups in total. The van der Waals surface area contributed by atoms with E-state index < -0.39 is 0 Å². The Morgan fingerprint density at radius 3 is 2.96 bits per heavy atom. The Hall–Kier alpha value is -1.98. The van der Waals surface area contributed by atoms with Crippen molar-refractivity contribution in [3.05, 3.63) is 54.5 Å². The summed E-state index contributed by atoms with van der Waals surface area (Å²) in [5.74, 6) is 1.13. The maximum absolute atomic E-state index is 6.09. The van der Waals surface area contributed by atoms with Crippen molar-refractivity contribution in [3.63, 3.8) is 0 Å². The molecule has 2 fully saturated rings. The summed E-state index contributed by atoms with van der Waals surface area (Å²) in [6.07, 6.45) is 6.57. The zero-order valence-electron chi connectivity index (χ0n) is 13.1. The standard InChI is InChI=1S/C18H21N3O2/c1-2-8-20-17(5-1)22-12-16-6-9-23-18(16)13-21(14-18)11-15-4-3-7-19-10-15/h1-5,7-8,10,16H,6,9,11-14H2. The summed E-state index contributed by atoms with van der Waals surface area (Å²) in [5, 5.41) is 0. The van der Waals surface area contributed by atoms with Crippen molar-refractivity contribution in [1.82, 2.24) is 14.9 Å². The summed E-state index contributed by atoms with van der Waals surface area (Å²) < 4.78 is 11.9. The monoisotopic (exact) mass is 311 g/mol. The Balaban J connectivity index is 1.32. The molecule has 0 bridgehead atoms. The molecule has 0 radical (unpaired) electrons. The van der Waals surface area contributed by atoms with Gasteiger partial charge in [0.15, 0.2) is 0 Å². The van der Waals surface area contributed by atoms with Gasteiger partial charge in [-0.15, -0.1) is 0 Å². The van der Waals surface area contributed by atoms with Gasteiger partial charge in [0.2, 0.25) is 5.88 Å². The van der Waals surface area contributed by atoms with E-state index in [1.807, 2.05) is 36.7 Å². The normalized spacial score (nSPS) is 22.9. The first-order valence-corrected chi connectivity index (χ1v) is 8.13. The summed E-state index contributed by atoms with van der Waals surface area (Å²) in [7, 11) is 0. The van der Waals surface area contributed by atoms with Crippen LogP contribution >= 0.6 is 0 Å². The number of likely N-dealkylation sites (tertiary alicyclic amines) is 1. The third-order valence-corrected chi connectivity index (χ3v) is 4.78. The van der Waals surface area contributed by atoms with E-state index in [1.54, 1.807) is 6.20 Å². The van der Waals surface area contributed by atoms with Gasteiger partial charge >= 0.3 is 0 Å². The van der Waals surface area contributed by atoms with Crippen LogP contribution in [0.2, 0.25) is 0 Å². The zero-order chi connectivity index (χ0) is 15.5. The van der Waals surface area contributed by atoms with Crippen molar-refractivity contribution in [2.75, 3.05) is 26.3 Å². The van der Waals surface area contributed by atoms with E-state index in [4.69, 9.17) is 9.47 Å². The fraction of sp³-hybridized carbons (Fsp3) is 0.444. The van der Waals surface area contributed by atoms with E-state index in [2.05, 4.69) is 20.9 Å². The molecule has 1 unspecified atom stereocenters. The van der Waals surface area contributed by atoms with Gasteiger partial charge in [-0.1, -0.05) is 12.1 Å². The van der Waals surface area contributed by atoms with Crippen LogP contribution in [-0.2, 0) is 11.3 Å². The quantitative estimate of drug-likeness (QED) is 0.847. The van der Waals surface area contributed by atoms with E-state index in [0.29, 0.717) is 18.4 Å². The second-order valence-electron chi connectivity index (χ2n) is 6.38. The molecule has 2 aromatic heterocycles. The van der Waals surface area contributed by atoms with Gasteiger partial charge in [-0.3, -0.25) is 9.88 Å². The van der Waals surface area contributed by atoms with Gasteiger partial charge in [0, 0.05) is 56.8 Å². The van der Waals surface area contributed by atoms with Crippen LogP contribution in [0.5, 0.6) is 5.88 Å². The van der Waals surface area contributed by atoms with Gasteiger partial charge in [-0.25, -0.2) is 4.98 Å². The number of hydrogen-bond donors (Lipinski definition) is 0. The fourth-order valence-corrected chi connectivity index (χ4v) is 3.56. The largest absolute Gasteiger partial charge is 0.477 e. The van der Waals surface area contributed by atoms with Crippen LogP contribution in [0.1, 0.15) is 12.0 Å². The predicted octanol–water partition coefficient (Wildman–Crippen LogP) is 2.15. The predicted molar refractivity (Wildman–Crippen MR) is 86.0 cm³/mol. The van der Waals surface area contributed by atoms with Gasteiger partial charge in [-0.05, 0) is 24.1 Å². The molecule has 5 nitrogen and oxygen atoms in total. The molecule has 120 valence electrons. The van der Waals surface area contributed by atoms with Crippen molar-refractivity contribution in [1.29, 1.82) is 0 Å². The minimum Gasteiger partial charge on any atom is -0.477 e. The van der Waals surface area contributed by atoms with Gasteiger partial charge in [0.1, 0.15) is 0 Å². The highest BCUT2D eigenvalue weighted by Gasteiger charge is 2.53. The molecule has 2 aromatic rings. The van der Waals surface area contributed by atoms with Crippen LogP contribution in [0.3, 0.4) is 0 Å². The lowest BCUT2D eigenvalue weighted by atomic mass is 9.81. The number of pyridine rings is 2. The van der Waals surface area contributed by atoms with Crippen LogP contribution in [0.25, 0.3) is 0 Å². The average molecular weight is 311 g/mol. The highest BCUT2D eigenvalue weighted by molar-refractivity contribution is 5.13. The third kappa shape index (κ3) is 3.07. The fourth-order valence-electron chi connectivity index (χ4n) is 3.56. The Morgan fingerprint density at radius 1 is 1.22 bits per heavy atom. The van der Waals surface area contributed by atoms with E-state index in [-0.39, 0.29) is 5.60 Å². The summed E-state index contributed by atoms with van der Waals surface area (Å²) in [6.45, 7) is 4.39. The van der Waals surface area contributed by atoms with Gasteiger partial charge in [0.25, 0.3) is 0 Å². The summed E-state index contributed by atoms with van der Waals surface area (Å²) in [5.41, 5.74) is 1.22. The van der Waals surface area contributed by atoms with Crippen LogP contribution in [0.15, 0.2) is 48.9 Å². The zero-order valence-corrected chi connectivity index (χ0v) is 13.1. The van der Waals surface area contributed by atoms with Gasteiger partial charge in [0.05, 0.1) is 12.2 Å². The van der Waals surface area contributed by atoms with E-state index in [0.717, 1.165) is 32.7 Å². The lowest BCUT2D eigenvalue weighted by molar-refractivity contribution is -0.140. The molecule has 23 heavy (non-hydrogen) atoms. The molecule has 2 aliphatic rings. The number of nitrogens with zero attached hydrogens (tertiary/aromatic N) is 3. The topological polar surface area (TPSA) is 47.5 Å². The molecule has 0 amide bonds. The highest BCUT2D eigenvalue weighted by Crippen LogP contribution is 2.40. The van der Waals surface area contributed by atoms with Crippen molar-refractivity contribution >= 4 is 0 Å². The van der Waals surface area contributed by atoms with Gasteiger partial charge < -0.3 is 9.47 Å². The lowest BCUT2D eigenvalue weighted by Crippen LogP contribution is -2.64. The summed E-state index contributed by atoms with van der Waals surface area (Å²) in [4.78, 5) is 10.8. The van der Waals surface area contributed by atoms with Crippen LogP contribution in [0, 0.1) is 5.92 Å². The molecular weight excluding hydrogens is 290 g/mol. The Kier molecular flexibility index (Phi) is 3.97. The number of aromatic nitrogens is 2. The second kappa shape index (κ2) is 6.26. The molecule has 1 spiro atoms. The second-order valence-corrected chi connectivity index (χ2v) is 6.38. The number of ether oxygens (including phenoxy) is 2. The number of hydrogen-bond acceptors (Lipinski definition) is 5. The molecule has 4 heterocycles. The van der Waals surface area contributed by atoms with Crippen LogP contribution in [-0.4, -0.2) is 46.8 Å². The van der Waals surface area contributed by atoms with Gasteiger partial charge in [-0.2, -0.15) is 0 Å². The van der Waals surface area contributed by atoms with E-state index >= 15 is 0 Å². The minimum atomic E-state index is -0.0308. The first kappa shape index (κ1) is 14.6. The smallest absolute Gasteiger partial charge is 0.213 e. The molecule has 0 aliphatic carbocycles. The first-order valence-electron chi connectivity index (χ1n) is 8.13. The molecule has 2 aliphatic heterocycles. The first-order chi connectivity index (χ1) is 11.3. The molecule has 0 aromatic carbocycles. The van der Waals surface area contributed by atoms with E-state index in [9.17, 15) is 0 Å². The van der Waals surface area contributed by atoms with Crippen molar-refractivity contribution in [3.8, 4) is 5.88 Å². The Bertz CT molecular complexity index is 629. The lowest BCUT2D eigenvalue weighted by Gasteiger charge is -2.50. The SMILES string of the molecule is c1ccc(OCC2CCOC23CN(Cc2cccnc2)C3)nc1. The maximum atomic E-state index is 6.09. The summed E-state index contributed by atoms with van der Waals surface area (Å²) in [6, 6.07) is 9.85. The Labute approximate surface area is 136 Å². The minimum absolute atomic E-state index is 0.0308. The van der Waals surface area contributed by atoms with Crippen LogP contribution < -0.4 is 4.74 Å². The average Bonchev–Trinajstić information content (AvgIpc) is 2.98. The molecule has 1 atom stereocenters. The molecular formula is C18H21N3O2. The molecule has 4 rings (SSSR count). The third-order valence-electron chi connectivity index (χ3n) is 4.78. The van der Waals surface area contributed by atoms with Crippen molar-refractivity contribution < 1.29 is 9.47 Å². The Morgan fingerprint density at radius 2 is 2.17 bits per heavy atom.